The Labute approximate surface area is 158 Å². The predicted molar refractivity (Wildman–Crippen MR) is 97.8 cm³/mol. The molecular weight excluding hydrogens is 364 g/mol. The molecule has 0 bridgehead atoms. The van der Waals surface area contributed by atoms with Gasteiger partial charge in [-0.25, -0.2) is 8.78 Å². The van der Waals surface area contributed by atoms with E-state index in [4.69, 9.17) is 0 Å². The van der Waals surface area contributed by atoms with Gasteiger partial charge in [-0.05, 0) is 47.5 Å². The van der Waals surface area contributed by atoms with Gasteiger partial charge in [-0.3, -0.25) is 14.5 Å². The van der Waals surface area contributed by atoms with E-state index in [1.54, 1.807) is 12.1 Å². The Morgan fingerprint density at radius 2 is 1.71 bits per heavy atom. The first kappa shape index (κ1) is 15.8. The number of carbonyl (C=O) groups is 2. The number of carbonyl (C=O) groups excluding carboxylic acids is 2. The quantitative estimate of drug-likeness (QED) is 0.589. The molecule has 1 fully saturated rings. The van der Waals surface area contributed by atoms with Crippen molar-refractivity contribution in [1.82, 2.24) is 9.88 Å². The van der Waals surface area contributed by atoms with E-state index in [0.717, 1.165) is 16.3 Å². The lowest BCUT2D eigenvalue weighted by molar-refractivity contribution is -0.138. The zero-order valence-corrected chi connectivity index (χ0v) is 14.8. The fourth-order valence-electron chi connectivity index (χ4n) is 5.32. The molecule has 4 unspecified atom stereocenters. The second kappa shape index (κ2) is 4.98. The first-order valence-electron chi connectivity index (χ1n) is 9.14. The van der Waals surface area contributed by atoms with E-state index < -0.39 is 17.7 Å². The number of likely N-dealkylation sites (N-methyl/N-ethyl adjacent to an activating group) is 1. The van der Waals surface area contributed by atoms with Crippen molar-refractivity contribution < 1.29 is 18.4 Å². The smallest absolute Gasteiger partial charge is 0.237 e. The monoisotopic (exact) mass is 379 g/mol. The molecule has 28 heavy (non-hydrogen) atoms. The molecule has 6 rings (SSSR count). The van der Waals surface area contributed by atoms with Crippen molar-refractivity contribution in [1.29, 1.82) is 0 Å². The van der Waals surface area contributed by atoms with E-state index in [9.17, 15) is 18.4 Å². The lowest BCUT2D eigenvalue weighted by Crippen LogP contribution is -2.33. The normalized spacial score (nSPS) is 27.5. The third-order valence-electron chi connectivity index (χ3n) is 6.45. The molecule has 7 heteroatoms. The maximum absolute atomic E-state index is 14.0. The number of amides is 2. The van der Waals surface area contributed by atoms with Crippen molar-refractivity contribution in [3.05, 3.63) is 64.9 Å². The first-order valence-corrected chi connectivity index (χ1v) is 9.14. The number of fused-ring (bicyclic) bond motifs is 10. The first-order chi connectivity index (χ1) is 13.5. The summed E-state index contributed by atoms with van der Waals surface area (Å²) in [5, 5.41) is 4.00. The highest BCUT2D eigenvalue weighted by molar-refractivity contribution is 6.10. The molecule has 0 saturated carbocycles. The van der Waals surface area contributed by atoms with Crippen molar-refractivity contribution >= 4 is 28.4 Å². The number of aromatic nitrogens is 1. The average molecular weight is 379 g/mol. The summed E-state index contributed by atoms with van der Waals surface area (Å²) in [5.41, 5.74) is 3.60. The summed E-state index contributed by atoms with van der Waals surface area (Å²) in [6, 6.07) is 8.55. The van der Waals surface area contributed by atoms with E-state index in [1.807, 2.05) is 0 Å². The number of anilines is 1. The molecule has 2 aromatic carbocycles. The number of aromatic amines is 1. The van der Waals surface area contributed by atoms with E-state index in [0.29, 0.717) is 22.0 Å². The molecular formula is C21H15F2N3O2. The zero-order valence-electron chi connectivity index (χ0n) is 14.8. The topological polar surface area (TPSA) is 65.2 Å². The molecule has 140 valence electrons. The Bertz CT molecular complexity index is 1220. The maximum atomic E-state index is 14.0. The van der Waals surface area contributed by atoms with Crippen LogP contribution in [-0.2, 0) is 9.59 Å². The van der Waals surface area contributed by atoms with Crippen LogP contribution in [0, 0.1) is 17.6 Å². The van der Waals surface area contributed by atoms with E-state index in [2.05, 4.69) is 10.3 Å². The van der Waals surface area contributed by atoms with Crippen molar-refractivity contribution in [2.24, 2.45) is 5.92 Å². The molecule has 2 amide bonds. The van der Waals surface area contributed by atoms with E-state index >= 15 is 0 Å². The van der Waals surface area contributed by atoms with Gasteiger partial charge in [0, 0.05) is 35.2 Å². The summed E-state index contributed by atoms with van der Waals surface area (Å²) in [5.74, 6) is -3.09. The number of H-pyrrole nitrogens is 1. The number of likely N-dealkylation sites (tertiary alicyclic amines) is 1. The average Bonchev–Trinajstić information content (AvgIpc) is 3.29. The van der Waals surface area contributed by atoms with Gasteiger partial charge in [0.05, 0.1) is 17.9 Å². The van der Waals surface area contributed by atoms with Crippen LogP contribution in [0.1, 0.15) is 34.7 Å². The standard InChI is InChI=1S/C21H15F2N3O2/c1-26-20(27)16-14-10-6-8(22)2-4-12(10)24-18(14)19-15(17(16)21(26)28)11-7-9(23)3-5-13(11)25-19/h2-7,14,16-18,24-25H,1H3. The number of halogens is 2. The minimum Gasteiger partial charge on any atom is -0.376 e. The zero-order chi connectivity index (χ0) is 19.3. The Morgan fingerprint density at radius 3 is 2.54 bits per heavy atom. The summed E-state index contributed by atoms with van der Waals surface area (Å²) in [6.07, 6.45) is 0. The Balaban J connectivity index is 1.68. The van der Waals surface area contributed by atoms with Gasteiger partial charge in [0.1, 0.15) is 11.6 Å². The molecule has 0 spiro atoms. The van der Waals surface area contributed by atoms with Crippen molar-refractivity contribution in [2.45, 2.75) is 17.9 Å². The molecule has 2 N–H and O–H groups in total. The number of hydrogen-bond acceptors (Lipinski definition) is 3. The van der Waals surface area contributed by atoms with Crippen LogP contribution in [0.4, 0.5) is 14.5 Å². The lowest BCUT2D eigenvalue weighted by atomic mass is 9.68. The van der Waals surface area contributed by atoms with Crippen molar-refractivity contribution in [3.63, 3.8) is 0 Å². The van der Waals surface area contributed by atoms with E-state index in [1.165, 1.54) is 31.3 Å². The number of nitrogens with one attached hydrogen (secondary N) is 2. The third-order valence-corrected chi connectivity index (χ3v) is 6.45. The maximum Gasteiger partial charge on any atom is 0.237 e. The highest BCUT2D eigenvalue weighted by Crippen LogP contribution is 2.60. The number of imide groups is 1. The van der Waals surface area contributed by atoms with Crippen LogP contribution in [0.25, 0.3) is 10.9 Å². The van der Waals surface area contributed by atoms with Crippen LogP contribution in [0.2, 0.25) is 0 Å². The van der Waals surface area contributed by atoms with Crippen LogP contribution in [-0.4, -0.2) is 28.7 Å². The summed E-state index contributed by atoms with van der Waals surface area (Å²) in [4.78, 5) is 30.5. The summed E-state index contributed by atoms with van der Waals surface area (Å²) >= 11 is 0. The molecule has 3 aliphatic rings. The van der Waals surface area contributed by atoms with Crippen LogP contribution in [0.15, 0.2) is 36.4 Å². The largest absolute Gasteiger partial charge is 0.376 e. The second-order valence-corrected chi connectivity index (χ2v) is 7.76. The van der Waals surface area contributed by atoms with Crippen LogP contribution in [0.5, 0.6) is 0 Å². The number of hydrogen-bond donors (Lipinski definition) is 2. The summed E-state index contributed by atoms with van der Waals surface area (Å²) in [7, 11) is 1.47. The molecule has 1 aliphatic carbocycles. The number of nitrogens with zero attached hydrogens (tertiary/aromatic N) is 1. The molecule has 3 heterocycles. The predicted octanol–water partition coefficient (Wildman–Crippen LogP) is 3.41. The fourth-order valence-corrected chi connectivity index (χ4v) is 5.32. The third kappa shape index (κ3) is 1.74. The molecule has 2 aliphatic heterocycles. The van der Waals surface area contributed by atoms with Crippen molar-refractivity contribution in [3.8, 4) is 0 Å². The summed E-state index contributed by atoms with van der Waals surface area (Å²) < 4.78 is 28.0. The van der Waals surface area contributed by atoms with Gasteiger partial charge in [0.15, 0.2) is 0 Å². The minimum atomic E-state index is -0.708. The van der Waals surface area contributed by atoms with E-state index in [-0.39, 0.29) is 29.6 Å². The molecule has 1 aromatic heterocycles. The minimum absolute atomic E-state index is 0.277. The highest BCUT2D eigenvalue weighted by atomic mass is 19.1. The summed E-state index contributed by atoms with van der Waals surface area (Å²) in [6.45, 7) is 0. The van der Waals surface area contributed by atoms with Gasteiger partial charge in [-0.1, -0.05) is 0 Å². The number of rotatable bonds is 0. The van der Waals surface area contributed by atoms with Gasteiger partial charge in [-0.15, -0.1) is 0 Å². The molecule has 4 atom stereocenters. The van der Waals surface area contributed by atoms with Crippen LogP contribution >= 0.6 is 0 Å². The Morgan fingerprint density at radius 1 is 0.964 bits per heavy atom. The van der Waals surface area contributed by atoms with Crippen LogP contribution in [0.3, 0.4) is 0 Å². The van der Waals surface area contributed by atoms with Gasteiger partial charge in [0.2, 0.25) is 11.8 Å². The molecule has 5 nitrogen and oxygen atoms in total. The molecule has 3 aromatic rings. The fraction of sp³-hybridized carbons (Fsp3) is 0.238. The lowest BCUT2D eigenvalue weighted by Gasteiger charge is -2.33. The molecule has 1 saturated heterocycles. The Hall–Kier alpha value is -3.22. The van der Waals surface area contributed by atoms with Gasteiger partial charge >= 0.3 is 0 Å². The molecule has 0 radical (unpaired) electrons. The van der Waals surface area contributed by atoms with Gasteiger partial charge < -0.3 is 10.3 Å². The van der Waals surface area contributed by atoms with Gasteiger partial charge in [0.25, 0.3) is 0 Å². The van der Waals surface area contributed by atoms with Crippen molar-refractivity contribution in [2.75, 3.05) is 12.4 Å². The number of benzene rings is 2. The second-order valence-electron chi connectivity index (χ2n) is 7.76. The highest BCUT2D eigenvalue weighted by Gasteiger charge is 2.59. The SMILES string of the molecule is CN1C(=O)C2c3c([nH]c4ccc(F)cc34)C3Nc4ccc(F)cc4C3C2C1=O. The Kier molecular flexibility index (Phi) is 2.81. The van der Waals surface area contributed by atoms with Gasteiger partial charge in [-0.2, -0.15) is 0 Å². The van der Waals surface area contributed by atoms with Crippen LogP contribution < -0.4 is 5.32 Å².